The van der Waals surface area contributed by atoms with Gasteiger partial charge in [-0.2, -0.15) is 8.42 Å². The monoisotopic (exact) mass is 297 g/mol. The van der Waals surface area contributed by atoms with Gasteiger partial charge in [0.15, 0.2) is 0 Å². The molecule has 113 valence electrons. The quantitative estimate of drug-likeness (QED) is 0.451. The summed E-state index contributed by atoms with van der Waals surface area (Å²) < 4.78 is 28.6. The Morgan fingerprint density at radius 2 is 1.50 bits per heavy atom. The SMILES string of the molecule is CCCCCCCCCCOS(=O)(=O)c1cc[c]cc1. The van der Waals surface area contributed by atoms with E-state index in [0.717, 1.165) is 19.3 Å². The van der Waals surface area contributed by atoms with Crippen LogP contribution in [0.15, 0.2) is 29.2 Å². The third kappa shape index (κ3) is 7.06. The van der Waals surface area contributed by atoms with E-state index in [-0.39, 0.29) is 11.5 Å². The number of hydrogen-bond donors (Lipinski definition) is 0. The molecule has 0 amide bonds. The van der Waals surface area contributed by atoms with Crippen LogP contribution in [0, 0.1) is 6.07 Å². The molecule has 0 saturated carbocycles. The van der Waals surface area contributed by atoms with Crippen LogP contribution in [0.25, 0.3) is 0 Å². The van der Waals surface area contributed by atoms with Crippen LogP contribution in [0.2, 0.25) is 0 Å². The Hall–Kier alpha value is -0.870. The predicted molar refractivity (Wildman–Crippen MR) is 81.0 cm³/mol. The number of rotatable bonds is 11. The summed E-state index contributed by atoms with van der Waals surface area (Å²) in [4.78, 5) is 0.204. The van der Waals surface area contributed by atoms with E-state index in [1.165, 1.54) is 44.2 Å². The summed E-state index contributed by atoms with van der Waals surface area (Å²) in [7, 11) is -3.59. The lowest BCUT2D eigenvalue weighted by Crippen LogP contribution is -2.07. The zero-order valence-corrected chi connectivity index (χ0v) is 13.1. The lowest BCUT2D eigenvalue weighted by molar-refractivity contribution is 0.306. The average molecular weight is 297 g/mol. The van der Waals surface area contributed by atoms with E-state index in [1.807, 2.05) is 0 Å². The van der Waals surface area contributed by atoms with Gasteiger partial charge in [0.1, 0.15) is 0 Å². The molecule has 1 aromatic carbocycles. The zero-order chi connectivity index (χ0) is 14.7. The van der Waals surface area contributed by atoms with Crippen molar-refractivity contribution in [1.82, 2.24) is 0 Å². The first-order chi connectivity index (χ1) is 9.67. The van der Waals surface area contributed by atoms with Crippen LogP contribution >= 0.6 is 0 Å². The van der Waals surface area contributed by atoms with Crippen LogP contribution in [0.4, 0.5) is 0 Å². The van der Waals surface area contributed by atoms with Gasteiger partial charge in [-0.25, -0.2) is 0 Å². The van der Waals surface area contributed by atoms with E-state index in [9.17, 15) is 8.42 Å². The Labute approximate surface area is 123 Å². The van der Waals surface area contributed by atoms with Crippen molar-refractivity contribution in [2.45, 2.75) is 63.2 Å². The highest BCUT2D eigenvalue weighted by Gasteiger charge is 2.13. The number of hydrogen-bond acceptors (Lipinski definition) is 3. The minimum absolute atomic E-state index is 0.204. The van der Waals surface area contributed by atoms with Gasteiger partial charge >= 0.3 is 0 Å². The fourth-order valence-corrected chi connectivity index (χ4v) is 2.95. The van der Waals surface area contributed by atoms with Crippen LogP contribution in [-0.2, 0) is 14.3 Å². The third-order valence-corrected chi connectivity index (χ3v) is 4.54. The molecule has 4 heteroatoms. The van der Waals surface area contributed by atoms with Gasteiger partial charge in [0.2, 0.25) is 0 Å². The van der Waals surface area contributed by atoms with E-state index in [1.54, 1.807) is 12.1 Å². The second-order valence-electron chi connectivity index (χ2n) is 4.99. The fraction of sp³-hybridized carbons (Fsp3) is 0.625. The molecule has 1 aromatic rings. The van der Waals surface area contributed by atoms with E-state index in [0.29, 0.717) is 0 Å². The fourth-order valence-electron chi connectivity index (χ4n) is 2.01. The minimum atomic E-state index is -3.59. The van der Waals surface area contributed by atoms with Gasteiger partial charge in [-0.1, -0.05) is 64.0 Å². The molecule has 0 aliphatic carbocycles. The topological polar surface area (TPSA) is 43.4 Å². The van der Waals surface area contributed by atoms with Gasteiger partial charge < -0.3 is 0 Å². The molecule has 0 N–H and O–H groups in total. The van der Waals surface area contributed by atoms with Gasteiger partial charge in [-0.15, -0.1) is 0 Å². The standard InChI is InChI=1S/C16H25O3S/c1-2-3-4-5-6-7-8-12-15-19-20(17,18)16-13-10-9-11-14-16/h10-11,13-14H,2-8,12,15H2,1H3. The van der Waals surface area contributed by atoms with Crippen molar-refractivity contribution in [3.63, 3.8) is 0 Å². The van der Waals surface area contributed by atoms with Crippen LogP contribution in [0.3, 0.4) is 0 Å². The van der Waals surface area contributed by atoms with E-state index < -0.39 is 10.1 Å². The summed E-state index contributed by atoms with van der Waals surface area (Å²) in [6, 6.07) is 8.95. The smallest absolute Gasteiger partial charge is 0.266 e. The molecule has 0 aliphatic heterocycles. The number of benzene rings is 1. The molecular weight excluding hydrogens is 272 g/mol. The molecule has 0 aliphatic rings. The maximum absolute atomic E-state index is 11.8. The van der Waals surface area contributed by atoms with Crippen molar-refractivity contribution in [3.8, 4) is 0 Å². The van der Waals surface area contributed by atoms with E-state index in [2.05, 4.69) is 13.0 Å². The lowest BCUT2D eigenvalue weighted by Gasteiger charge is -2.05. The van der Waals surface area contributed by atoms with Gasteiger partial charge in [0.05, 0.1) is 11.5 Å². The molecule has 0 heterocycles. The Kier molecular flexibility index (Phi) is 8.54. The second-order valence-corrected chi connectivity index (χ2v) is 6.60. The summed E-state index contributed by atoms with van der Waals surface area (Å²) in [5.41, 5.74) is 0. The molecule has 3 nitrogen and oxygen atoms in total. The molecule has 20 heavy (non-hydrogen) atoms. The van der Waals surface area contributed by atoms with Crippen molar-refractivity contribution in [2.75, 3.05) is 6.61 Å². The van der Waals surface area contributed by atoms with Crippen LogP contribution in [0.1, 0.15) is 58.3 Å². The van der Waals surface area contributed by atoms with Gasteiger partial charge in [-0.05, 0) is 24.6 Å². The molecular formula is C16H25O3S. The molecule has 1 radical (unpaired) electrons. The number of unbranched alkanes of at least 4 members (excludes halogenated alkanes) is 7. The van der Waals surface area contributed by atoms with Crippen molar-refractivity contribution in [3.05, 3.63) is 30.3 Å². The Morgan fingerprint density at radius 3 is 2.10 bits per heavy atom. The predicted octanol–water partition coefficient (Wildman–Crippen LogP) is 4.33. The molecule has 0 atom stereocenters. The normalized spacial score (nSPS) is 11.7. The Balaban J connectivity index is 2.09. The van der Waals surface area contributed by atoms with Crippen LogP contribution in [-0.4, -0.2) is 15.0 Å². The summed E-state index contributed by atoms with van der Waals surface area (Å²) >= 11 is 0. The molecule has 0 aromatic heterocycles. The third-order valence-electron chi connectivity index (χ3n) is 3.21. The van der Waals surface area contributed by atoms with Crippen molar-refractivity contribution in [1.29, 1.82) is 0 Å². The lowest BCUT2D eigenvalue weighted by atomic mass is 10.1. The van der Waals surface area contributed by atoms with Crippen LogP contribution in [0.5, 0.6) is 0 Å². The van der Waals surface area contributed by atoms with Crippen molar-refractivity contribution in [2.24, 2.45) is 0 Å². The average Bonchev–Trinajstić information content (AvgIpc) is 2.46. The van der Waals surface area contributed by atoms with E-state index in [4.69, 9.17) is 4.18 Å². The molecule has 0 fully saturated rings. The first-order valence-corrected chi connectivity index (χ1v) is 8.93. The first-order valence-electron chi connectivity index (χ1n) is 7.52. The van der Waals surface area contributed by atoms with Crippen LogP contribution < -0.4 is 0 Å². The second kappa shape index (κ2) is 9.94. The molecule has 0 bridgehead atoms. The molecule has 0 spiro atoms. The zero-order valence-electron chi connectivity index (χ0n) is 12.3. The Morgan fingerprint density at radius 1 is 0.950 bits per heavy atom. The maximum atomic E-state index is 11.8. The molecule has 0 saturated heterocycles. The summed E-state index contributed by atoms with van der Waals surface area (Å²) in [5.74, 6) is 0. The highest BCUT2D eigenvalue weighted by molar-refractivity contribution is 7.86. The largest absolute Gasteiger partial charge is 0.296 e. The summed E-state index contributed by atoms with van der Waals surface area (Å²) in [6.45, 7) is 2.48. The minimum Gasteiger partial charge on any atom is -0.266 e. The van der Waals surface area contributed by atoms with Crippen molar-refractivity contribution < 1.29 is 12.6 Å². The van der Waals surface area contributed by atoms with Gasteiger partial charge in [-0.3, -0.25) is 4.18 Å². The molecule has 1 rings (SSSR count). The first kappa shape index (κ1) is 17.2. The van der Waals surface area contributed by atoms with Gasteiger partial charge in [0.25, 0.3) is 10.1 Å². The molecule has 0 unspecified atom stereocenters. The summed E-state index contributed by atoms with van der Waals surface area (Å²) in [5, 5.41) is 0. The highest BCUT2D eigenvalue weighted by atomic mass is 32.2. The highest BCUT2D eigenvalue weighted by Crippen LogP contribution is 2.13. The van der Waals surface area contributed by atoms with Crippen molar-refractivity contribution >= 4 is 10.1 Å². The van der Waals surface area contributed by atoms with E-state index >= 15 is 0 Å². The summed E-state index contributed by atoms with van der Waals surface area (Å²) in [6.07, 6.45) is 9.41. The maximum Gasteiger partial charge on any atom is 0.296 e. The van der Waals surface area contributed by atoms with Gasteiger partial charge in [0, 0.05) is 0 Å². The Bertz CT molecular complexity index is 440.